The zero-order valence-corrected chi connectivity index (χ0v) is 12.6. The van der Waals surface area contributed by atoms with Crippen LogP contribution in [0.25, 0.3) is 0 Å². The first-order chi connectivity index (χ1) is 9.63. The van der Waals surface area contributed by atoms with Gasteiger partial charge in [-0.1, -0.05) is 18.2 Å². The van der Waals surface area contributed by atoms with Crippen molar-refractivity contribution < 1.29 is 8.42 Å². The van der Waals surface area contributed by atoms with Gasteiger partial charge < -0.3 is 10.2 Å². The Hall–Kier alpha value is -1.56. The molecule has 20 heavy (non-hydrogen) atoms. The van der Waals surface area contributed by atoms with Crippen LogP contribution in [-0.4, -0.2) is 51.7 Å². The van der Waals surface area contributed by atoms with Crippen LogP contribution >= 0.6 is 0 Å². The molecule has 0 atom stereocenters. The van der Waals surface area contributed by atoms with Crippen LogP contribution < -0.4 is 5.32 Å². The summed E-state index contributed by atoms with van der Waals surface area (Å²) in [6.07, 6.45) is 2.34. The fourth-order valence-corrected chi connectivity index (χ4v) is 3.48. The number of nitrogens with one attached hydrogen (secondary N) is 1. The summed E-state index contributed by atoms with van der Waals surface area (Å²) >= 11 is 0. The number of benzene rings is 1. The van der Waals surface area contributed by atoms with Crippen molar-refractivity contribution in [1.29, 1.82) is 0 Å². The maximum atomic E-state index is 12.1. The highest BCUT2D eigenvalue weighted by Crippen LogP contribution is 2.10. The molecule has 0 unspecified atom stereocenters. The van der Waals surface area contributed by atoms with Gasteiger partial charge in [0.2, 0.25) is 0 Å². The Morgan fingerprint density at radius 2 is 1.90 bits per heavy atom. The van der Waals surface area contributed by atoms with Gasteiger partial charge in [-0.2, -0.15) is 0 Å². The van der Waals surface area contributed by atoms with Crippen molar-refractivity contribution in [2.24, 2.45) is 4.99 Å². The van der Waals surface area contributed by atoms with Gasteiger partial charge in [-0.25, -0.2) is 8.42 Å². The van der Waals surface area contributed by atoms with Crippen LogP contribution in [0, 0.1) is 0 Å². The molecule has 110 valence electrons. The van der Waals surface area contributed by atoms with Crippen LogP contribution in [0.1, 0.15) is 12.8 Å². The fourth-order valence-electron chi connectivity index (χ4n) is 2.30. The number of guanidine groups is 1. The lowest BCUT2D eigenvalue weighted by molar-refractivity contribution is 0.496. The zero-order valence-electron chi connectivity index (χ0n) is 11.7. The van der Waals surface area contributed by atoms with E-state index >= 15 is 0 Å². The first kappa shape index (κ1) is 14.8. The predicted octanol–water partition coefficient (Wildman–Crippen LogP) is 1.13. The van der Waals surface area contributed by atoms with E-state index in [1.54, 1.807) is 31.3 Å². The van der Waals surface area contributed by atoms with E-state index in [0.29, 0.717) is 11.4 Å². The minimum atomic E-state index is -3.22. The quantitative estimate of drug-likeness (QED) is 0.668. The highest BCUT2D eigenvalue weighted by molar-refractivity contribution is 7.91. The average molecular weight is 295 g/mol. The predicted molar refractivity (Wildman–Crippen MR) is 80.7 cm³/mol. The molecule has 1 aromatic rings. The summed E-state index contributed by atoms with van der Waals surface area (Å²) in [5.41, 5.74) is 0. The molecule has 1 aromatic carbocycles. The summed E-state index contributed by atoms with van der Waals surface area (Å²) in [5.74, 6) is 0.870. The van der Waals surface area contributed by atoms with Gasteiger partial charge in [0.15, 0.2) is 15.8 Å². The Bertz CT molecular complexity index is 549. The third kappa shape index (κ3) is 3.72. The molecule has 1 aliphatic rings. The normalized spacial score (nSPS) is 16.4. The molecule has 1 heterocycles. The molecule has 0 aromatic heterocycles. The molecule has 0 saturated carbocycles. The van der Waals surface area contributed by atoms with Crippen molar-refractivity contribution in [1.82, 2.24) is 10.2 Å². The molecule has 0 amide bonds. The Kier molecular flexibility index (Phi) is 5.00. The summed E-state index contributed by atoms with van der Waals surface area (Å²) in [4.78, 5) is 6.73. The third-order valence-corrected chi connectivity index (χ3v) is 5.11. The molecule has 1 fully saturated rings. The molecule has 0 spiro atoms. The van der Waals surface area contributed by atoms with Gasteiger partial charge in [0.1, 0.15) is 0 Å². The van der Waals surface area contributed by atoms with Crippen molar-refractivity contribution in [3.63, 3.8) is 0 Å². The molecule has 1 N–H and O–H groups in total. The van der Waals surface area contributed by atoms with Crippen molar-refractivity contribution in [2.75, 3.05) is 32.4 Å². The Labute approximate surface area is 120 Å². The zero-order chi connectivity index (χ0) is 14.4. The van der Waals surface area contributed by atoms with Crippen LogP contribution in [0.5, 0.6) is 0 Å². The molecule has 5 nitrogen and oxygen atoms in total. The van der Waals surface area contributed by atoms with Gasteiger partial charge in [0.05, 0.1) is 10.6 Å². The number of aliphatic imine (C=N–C) groups is 1. The molecule has 6 heteroatoms. The highest BCUT2D eigenvalue weighted by Gasteiger charge is 2.17. The summed E-state index contributed by atoms with van der Waals surface area (Å²) in [6.45, 7) is 2.36. The molecular weight excluding hydrogens is 274 g/mol. The van der Waals surface area contributed by atoms with Crippen LogP contribution in [0.3, 0.4) is 0 Å². The monoisotopic (exact) mass is 295 g/mol. The van der Waals surface area contributed by atoms with E-state index in [0.717, 1.165) is 19.0 Å². The molecule has 1 aliphatic heterocycles. The van der Waals surface area contributed by atoms with Gasteiger partial charge in [-0.15, -0.1) is 0 Å². The van der Waals surface area contributed by atoms with E-state index in [4.69, 9.17) is 0 Å². The largest absolute Gasteiger partial charge is 0.355 e. The summed E-state index contributed by atoms with van der Waals surface area (Å²) in [6, 6.07) is 8.55. The second kappa shape index (κ2) is 6.74. The van der Waals surface area contributed by atoms with E-state index in [1.807, 2.05) is 6.07 Å². The Morgan fingerprint density at radius 1 is 1.25 bits per heavy atom. The standard InChI is InChI=1S/C14H21N3O2S/c1-15-14(17-10-5-6-11-17)16-9-12-20(18,19)13-7-3-2-4-8-13/h2-4,7-8H,5-6,9-12H2,1H3,(H,15,16). The van der Waals surface area contributed by atoms with E-state index in [9.17, 15) is 8.42 Å². The Morgan fingerprint density at radius 3 is 2.50 bits per heavy atom. The van der Waals surface area contributed by atoms with Crippen molar-refractivity contribution in [3.8, 4) is 0 Å². The Balaban J connectivity index is 1.89. The third-order valence-electron chi connectivity index (χ3n) is 3.37. The number of hydrogen-bond acceptors (Lipinski definition) is 3. The average Bonchev–Trinajstić information content (AvgIpc) is 2.98. The first-order valence-corrected chi connectivity index (χ1v) is 8.52. The van der Waals surface area contributed by atoms with Crippen LogP contribution in [-0.2, 0) is 9.84 Å². The highest BCUT2D eigenvalue weighted by atomic mass is 32.2. The van der Waals surface area contributed by atoms with E-state index in [2.05, 4.69) is 15.2 Å². The lowest BCUT2D eigenvalue weighted by atomic mass is 10.4. The smallest absolute Gasteiger partial charge is 0.193 e. The van der Waals surface area contributed by atoms with Gasteiger partial charge >= 0.3 is 0 Å². The van der Waals surface area contributed by atoms with Crippen LogP contribution in [0.15, 0.2) is 40.2 Å². The van der Waals surface area contributed by atoms with Crippen molar-refractivity contribution in [3.05, 3.63) is 30.3 Å². The van der Waals surface area contributed by atoms with E-state index in [-0.39, 0.29) is 5.75 Å². The van der Waals surface area contributed by atoms with Crippen molar-refractivity contribution >= 4 is 15.8 Å². The van der Waals surface area contributed by atoms with E-state index < -0.39 is 9.84 Å². The number of rotatable bonds is 4. The van der Waals surface area contributed by atoms with Gasteiger partial charge in [0.25, 0.3) is 0 Å². The summed E-state index contributed by atoms with van der Waals surface area (Å²) < 4.78 is 24.3. The molecule has 0 radical (unpaired) electrons. The second-order valence-electron chi connectivity index (χ2n) is 4.80. The lowest BCUT2D eigenvalue weighted by Gasteiger charge is -2.20. The fraction of sp³-hybridized carbons (Fsp3) is 0.500. The van der Waals surface area contributed by atoms with Gasteiger partial charge in [-0.05, 0) is 25.0 Å². The summed E-state index contributed by atoms with van der Waals surface area (Å²) in [7, 11) is -1.50. The molecular formula is C14H21N3O2S. The topological polar surface area (TPSA) is 61.8 Å². The maximum Gasteiger partial charge on any atom is 0.193 e. The minimum absolute atomic E-state index is 0.0733. The van der Waals surface area contributed by atoms with Gasteiger partial charge in [-0.3, -0.25) is 4.99 Å². The molecule has 0 bridgehead atoms. The molecule has 2 rings (SSSR count). The van der Waals surface area contributed by atoms with Crippen LogP contribution in [0.2, 0.25) is 0 Å². The molecule has 0 aliphatic carbocycles. The van der Waals surface area contributed by atoms with Crippen LogP contribution in [0.4, 0.5) is 0 Å². The molecule has 1 saturated heterocycles. The first-order valence-electron chi connectivity index (χ1n) is 6.87. The maximum absolute atomic E-state index is 12.1. The SMILES string of the molecule is CN=C(NCCS(=O)(=O)c1ccccc1)N1CCCC1. The van der Waals surface area contributed by atoms with Gasteiger partial charge in [0, 0.05) is 26.7 Å². The number of hydrogen-bond donors (Lipinski definition) is 1. The minimum Gasteiger partial charge on any atom is -0.355 e. The number of likely N-dealkylation sites (tertiary alicyclic amines) is 1. The number of sulfone groups is 1. The summed E-state index contributed by atoms with van der Waals surface area (Å²) in [5, 5.41) is 3.13. The van der Waals surface area contributed by atoms with E-state index in [1.165, 1.54) is 12.8 Å². The second-order valence-corrected chi connectivity index (χ2v) is 6.91. The lowest BCUT2D eigenvalue weighted by Crippen LogP contribution is -2.41. The van der Waals surface area contributed by atoms with Crippen molar-refractivity contribution in [2.45, 2.75) is 17.7 Å². The number of nitrogens with zero attached hydrogens (tertiary/aromatic N) is 2.